The van der Waals surface area contributed by atoms with E-state index in [1.165, 1.54) is 10.7 Å². The predicted molar refractivity (Wildman–Crippen MR) is 51.1 cm³/mol. The summed E-state index contributed by atoms with van der Waals surface area (Å²) in [6.07, 6.45) is 1.63. The van der Waals surface area contributed by atoms with E-state index in [0.29, 0.717) is 0 Å². The number of hydrogen-bond donors (Lipinski definition) is 1. The predicted octanol–water partition coefficient (Wildman–Crippen LogP) is 1.47. The van der Waals surface area contributed by atoms with Crippen molar-refractivity contribution in [3.63, 3.8) is 0 Å². The third-order valence-corrected chi connectivity index (χ3v) is 2.01. The van der Waals surface area contributed by atoms with Gasteiger partial charge in [-0.25, -0.2) is 4.68 Å². The summed E-state index contributed by atoms with van der Waals surface area (Å²) in [6, 6.07) is 9.25. The topological polar surface area (TPSA) is 37.8 Å². The summed E-state index contributed by atoms with van der Waals surface area (Å²) in [5.41, 5.74) is 1.94. The molecule has 0 bridgehead atoms. The van der Waals surface area contributed by atoms with Crippen LogP contribution in [0.4, 0.5) is 0 Å². The maximum atomic E-state index is 11.3. The minimum atomic E-state index is -0.0331. The molecule has 0 spiro atoms. The van der Waals surface area contributed by atoms with E-state index < -0.39 is 0 Å². The third kappa shape index (κ3) is 1.28. The molecule has 1 heterocycles. The van der Waals surface area contributed by atoms with E-state index in [1.54, 1.807) is 6.20 Å². The van der Waals surface area contributed by atoms with E-state index in [1.807, 2.05) is 31.2 Å². The molecule has 3 nitrogen and oxygen atoms in total. The molecule has 0 atom stereocenters. The highest BCUT2D eigenvalue weighted by Gasteiger charge is 2.01. The SMILES string of the molecule is Cc1ccccc1-n1[nH]ccc1=O. The number of rotatable bonds is 1. The van der Waals surface area contributed by atoms with Crippen LogP contribution < -0.4 is 5.56 Å². The van der Waals surface area contributed by atoms with Gasteiger partial charge in [-0.1, -0.05) is 18.2 Å². The van der Waals surface area contributed by atoms with E-state index in [-0.39, 0.29) is 5.56 Å². The molecule has 2 rings (SSSR count). The Bertz CT molecular complexity index is 468. The summed E-state index contributed by atoms with van der Waals surface area (Å²) in [5.74, 6) is 0. The molecular weight excluding hydrogens is 164 g/mol. The van der Waals surface area contributed by atoms with Gasteiger partial charge in [0.1, 0.15) is 0 Å². The van der Waals surface area contributed by atoms with Gasteiger partial charge in [-0.3, -0.25) is 9.89 Å². The minimum Gasteiger partial charge on any atom is -0.298 e. The summed E-state index contributed by atoms with van der Waals surface area (Å²) in [5, 5.41) is 2.87. The van der Waals surface area contributed by atoms with Crippen LogP contribution in [0.25, 0.3) is 5.69 Å². The molecule has 0 aliphatic carbocycles. The van der Waals surface area contributed by atoms with Crippen LogP contribution in [0.1, 0.15) is 5.56 Å². The second kappa shape index (κ2) is 2.94. The lowest BCUT2D eigenvalue weighted by Crippen LogP contribution is -2.14. The number of hydrogen-bond acceptors (Lipinski definition) is 1. The number of nitrogens with zero attached hydrogens (tertiary/aromatic N) is 1. The second-order valence-corrected chi connectivity index (χ2v) is 2.92. The maximum absolute atomic E-state index is 11.3. The Kier molecular flexibility index (Phi) is 1.77. The van der Waals surface area contributed by atoms with Gasteiger partial charge in [0.2, 0.25) is 0 Å². The third-order valence-electron chi connectivity index (χ3n) is 2.01. The quantitative estimate of drug-likeness (QED) is 0.698. The molecule has 0 radical (unpaired) electrons. The second-order valence-electron chi connectivity index (χ2n) is 2.92. The van der Waals surface area contributed by atoms with Crippen LogP contribution in [0.5, 0.6) is 0 Å². The molecular formula is C10H10N2O. The Morgan fingerprint density at radius 2 is 2.00 bits per heavy atom. The van der Waals surface area contributed by atoms with Crippen LogP contribution >= 0.6 is 0 Å². The summed E-state index contributed by atoms with van der Waals surface area (Å²) in [7, 11) is 0. The Labute approximate surface area is 75.6 Å². The fourth-order valence-corrected chi connectivity index (χ4v) is 1.32. The first-order valence-corrected chi connectivity index (χ1v) is 4.11. The molecule has 0 aliphatic heterocycles. The van der Waals surface area contributed by atoms with Gasteiger partial charge in [-0.2, -0.15) is 0 Å². The Hall–Kier alpha value is -1.77. The zero-order chi connectivity index (χ0) is 9.26. The first kappa shape index (κ1) is 7.86. The average Bonchev–Trinajstić information content (AvgIpc) is 2.52. The first-order valence-electron chi connectivity index (χ1n) is 4.11. The van der Waals surface area contributed by atoms with Gasteiger partial charge in [-0.15, -0.1) is 0 Å². The zero-order valence-corrected chi connectivity index (χ0v) is 7.32. The van der Waals surface area contributed by atoms with Crippen molar-refractivity contribution in [2.45, 2.75) is 6.92 Å². The van der Waals surface area contributed by atoms with Gasteiger partial charge < -0.3 is 0 Å². The van der Waals surface area contributed by atoms with Gasteiger partial charge in [0.25, 0.3) is 5.56 Å². The Morgan fingerprint density at radius 1 is 1.23 bits per heavy atom. The Balaban J connectivity index is 2.66. The lowest BCUT2D eigenvalue weighted by molar-refractivity contribution is 0.842. The van der Waals surface area contributed by atoms with Crippen LogP contribution in [-0.4, -0.2) is 9.78 Å². The van der Waals surface area contributed by atoms with Gasteiger partial charge in [0.15, 0.2) is 0 Å². The minimum absolute atomic E-state index is 0.0331. The molecule has 66 valence electrons. The molecule has 0 saturated heterocycles. The average molecular weight is 174 g/mol. The molecule has 0 amide bonds. The molecule has 1 N–H and O–H groups in total. The van der Waals surface area contributed by atoms with Crippen LogP contribution in [-0.2, 0) is 0 Å². The molecule has 0 unspecified atom stereocenters. The fraction of sp³-hybridized carbons (Fsp3) is 0.100. The highest BCUT2D eigenvalue weighted by atomic mass is 16.1. The number of nitrogens with one attached hydrogen (secondary N) is 1. The van der Waals surface area contributed by atoms with Crippen LogP contribution in [0.3, 0.4) is 0 Å². The summed E-state index contributed by atoms with van der Waals surface area (Å²) >= 11 is 0. The van der Waals surface area contributed by atoms with Gasteiger partial charge >= 0.3 is 0 Å². The number of H-pyrrole nitrogens is 1. The number of para-hydroxylation sites is 1. The summed E-state index contributed by atoms with van der Waals surface area (Å²) in [6.45, 7) is 1.97. The van der Waals surface area contributed by atoms with Crippen LogP contribution in [0.2, 0.25) is 0 Å². The van der Waals surface area contributed by atoms with Crippen molar-refractivity contribution in [2.24, 2.45) is 0 Å². The van der Waals surface area contributed by atoms with E-state index in [4.69, 9.17) is 0 Å². The van der Waals surface area contributed by atoms with Gasteiger partial charge in [0, 0.05) is 12.3 Å². The van der Waals surface area contributed by atoms with E-state index >= 15 is 0 Å². The smallest absolute Gasteiger partial charge is 0.271 e. The fourth-order valence-electron chi connectivity index (χ4n) is 1.32. The number of benzene rings is 1. The summed E-state index contributed by atoms with van der Waals surface area (Å²) in [4.78, 5) is 11.3. The number of aromatic amines is 1. The van der Waals surface area contributed by atoms with Crippen molar-refractivity contribution in [3.05, 3.63) is 52.4 Å². The number of aromatic nitrogens is 2. The lowest BCUT2D eigenvalue weighted by atomic mass is 10.2. The lowest BCUT2D eigenvalue weighted by Gasteiger charge is -2.04. The van der Waals surface area contributed by atoms with Crippen molar-refractivity contribution in [1.82, 2.24) is 9.78 Å². The molecule has 3 heteroatoms. The van der Waals surface area contributed by atoms with Crippen LogP contribution in [0, 0.1) is 6.92 Å². The van der Waals surface area contributed by atoms with Crippen LogP contribution in [0.15, 0.2) is 41.3 Å². The van der Waals surface area contributed by atoms with E-state index in [9.17, 15) is 4.79 Å². The molecule has 0 saturated carbocycles. The van der Waals surface area contributed by atoms with E-state index in [2.05, 4.69) is 5.10 Å². The van der Waals surface area contributed by atoms with Crippen molar-refractivity contribution in [1.29, 1.82) is 0 Å². The molecule has 0 fully saturated rings. The van der Waals surface area contributed by atoms with Crippen molar-refractivity contribution in [2.75, 3.05) is 0 Å². The number of aryl methyl sites for hydroxylation is 1. The van der Waals surface area contributed by atoms with Gasteiger partial charge in [0.05, 0.1) is 5.69 Å². The molecule has 0 aliphatic rings. The maximum Gasteiger partial charge on any atom is 0.271 e. The normalized spacial score (nSPS) is 10.2. The highest BCUT2D eigenvalue weighted by molar-refractivity contribution is 5.38. The van der Waals surface area contributed by atoms with Crippen molar-refractivity contribution < 1.29 is 0 Å². The van der Waals surface area contributed by atoms with Crippen molar-refractivity contribution >= 4 is 0 Å². The zero-order valence-electron chi connectivity index (χ0n) is 7.32. The summed E-state index contributed by atoms with van der Waals surface area (Å²) < 4.78 is 1.52. The Morgan fingerprint density at radius 3 is 2.62 bits per heavy atom. The first-order chi connectivity index (χ1) is 6.29. The largest absolute Gasteiger partial charge is 0.298 e. The highest BCUT2D eigenvalue weighted by Crippen LogP contribution is 2.08. The standard InChI is InChI=1S/C10H10N2O/c1-8-4-2-3-5-9(8)12-10(13)6-7-11-12/h2-7,11H,1H3. The van der Waals surface area contributed by atoms with E-state index in [0.717, 1.165) is 11.3 Å². The molecule has 13 heavy (non-hydrogen) atoms. The van der Waals surface area contributed by atoms with Crippen molar-refractivity contribution in [3.8, 4) is 5.69 Å². The molecule has 1 aromatic carbocycles. The monoisotopic (exact) mass is 174 g/mol. The molecule has 2 aromatic rings. The molecule has 1 aromatic heterocycles. The van der Waals surface area contributed by atoms with Gasteiger partial charge in [-0.05, 0) is 18.6 Å².